The largest absolute Gasteiger partial charge is 0.236 e. The van der Waals surface area contributed by atoms with Crippen molar-refractivity contribution in [3.8, 4) is 17.3 Å². The van der Waals surface area contributed by atoms with Gasteiger partial charge in [0.1, 0.15) is 18.2 Å². The number of nitriles is 1. The number of aryl methyl sites for hydroxylation is 1. The summed E-state index contributed by atoms with van der Waals surface area (Å²) in [6.07, 6.45) is 1.37. The summed E-state index contributed by atoms with van der Waals surface area (Å²) in [5.41, 5.74) is 3.86. The first-order chi connectivity index (χ1) is 10.1. The van der Waals surface area contributed by atoms with Gasteiger partial charge in [0.05, 0.1) is 16.8 Å². The molecule has 0 amide bonds. The molecular weight excluding hydrogens is 265 g/mol. The van der Waals surface area contributed by atoms with E-state index >= 15 is 0 Å². The van der Waals surface area contributed by atoms with Crippen LogP contribution in [0.4, 0.5) is 4.39 Å². The molecule has 0 saturated carbocycles. The Morgan fingerprint density at radius 3 is 2.62 bits per heavy atom. The van der Waals surface area contributed by atoms with Crippen molar-refractivity contribution in [1.82, 2.24) is 9.97 Å². The van der Waals surface area contributed by atoms with Crippen molar-refractivity contribution in [2.45, 2.75) is 13.8 Å². The van der Waals surface area contributed by atoms with E-state index in [1.54, 1.807) is 18.2 Å². The van der Waals surface area contributed by atoms with E-state index in [9.17, 15) is 9.65 Å². The second-order valence-corrected chi connectivity index (χ2v) is 4.90. The van der Waals surface area contributed by atoms with Gasteiger partial charge in [-0.3, -0.25) is 0 Å². The minimum absolute atomic E-state index is 0.339. The van der Waals surface area contributed by atoms with Crippen LogP contribution in [0.15, 0.2) is 36.7 Å². The second-order valence-electron chi connectivity index (χ2n) is 4.90. The van der Waals surface area contributed by atoms with E-state index < -0.39 is 0 Å². The number of hydrogen-bond donors (Lipinski definition) is 0. The van der Waals surface area contributed by atoms with Gasteiger partial charge in [0, 0.05) is 10.9 Å². The normalized spacial score (nSPS) is 10.6. The van der Waals surface area contributed by atoms with Crippen LogP contribution in [0.3, 0.4) is 0 Å². The summed E-state index contributed by atoms with van der Waals surface area (Å²) in [5, 5.41) is 10.1. The fraction of sp³-hybridized carbons (Fsp3) is 0.118. The monoisotopic (exact) mass is 277 g/mol. The molecule has 1 heterocycles. The molecule has 0 radical (unpaired) electrons. The SMILES string of the molecule is Cc1cc2c(-c3ccccc3F)ncnc2c(C#N)c1C. The molecule has 4 heteroatoms. The van der Waals surface area contributed by atoms with Gasteiger partial charge in [-0.05, 0) is 43.2 Å². The molecule has 0 fully saturated rings. The molecule has 0 aliphatic rings. The van der Waals surface area contributed by atoms with Crippen LogP contribution in [0.2, 0.25) is 0 Å². The number of fused-ring (bicyclic) bond motifs is 1. The van der Waals surface area contributed by atoms with Gasteiger partial charge in [0.15, 0.2) is 0 Å². The Labute approximate surface area is 121 Å². The van der Waals surface area contributed by atoms with E-state index in [0.29, 0.717) is 27.7 Å². The fourth-order valence-corrected chi connectivity index (χ4v) is 2.44. The van der Waals surface area contributed by atoms with Crippen molar-refractivity contribution in [3.05, 3.63) is 59.2 Å². The van der Waals surface area contributed by atoms with Crippen LogP contribution in [-0.4, -0.2) is 9.97 Å². The molecule has 0 aliphatic heterocycles. The highest BCUT2D eigenvalue weighted by atomic mass is 19.1. The van der Waals surface area contributed by atoms with Gasteiger partial charge < -0.3 is 0 Å². The Morgan fingerprint density at radius 2 is 1.90 bits per heavy atom. The Bertz CT molecular complexity index is 894. The maximum Gasteiger partial charge on any atom is 0.132 e. The van der Waals surface area contributed by atoms with Crippen molar-refractivity contribution in [2.24, 2.45) is 0 Å². The van der Waals surface area contributed by atoms with E-state index in [1.165, 1.54) is 12.4 Å². The summed E-state index contributed by atoms with van der Waals surface area (Å²) in [7, 11) is 0. The average molecular weight is 277 g/mol. The van der Waals surface area contributed by atoms with E-state index in [0.717, 1.165) is 11.1 Å². The highest BCUT2D eigenvalue weighted by molar-refractivity contribution is 5.96. The molecule has 0 atom stereocenters. The zero-order chi connectivity index (χ0) is 15.0. The first-order valence-electron chi connectivity index (χ1n) is 6.53. The zero-order valence-corrected chi connectivity index (χ0v) is 11.7. The molecule has 102 valence electrons. The lowest BCUT2D eigenvalue weighted by Gasteiger charge is -2.10. The van der Waals surface area contributed by atoms with Crippen LogP contribution in [0.1, 0.15) is 16.7 Å². The highest BCUT2D eigenvalue weighted by Gasteiger charge is 2.15. The molecule has 0 unspecified atom stereocenters. The molecule has 21 heavy (non-hydrogen) atoms. The second kappa shape index (κ2) is 4.95. The summed E-state index contributed by atoms with van der Waals surface area (Å²) >= 11 is 0. The number of rotatable bonds is 1. The van der Waals surface area contributed by atoms with Crippen LogP contribution < -0.4 is 0 Å². The maximum absolute atomic E-state index is 14.0. The van der Waals surface area contributed by atoms with E-state index in [4.69, 9.17) is 0 Å². The number of benzene rings is 2. The van der Waals surface area contributed by atoms with Gasteiger partial charge in [0.25, 0.3) is 0 Å². The van der Waals surface area contributed by atoms with Gasteiger partial charge in [-0.15, -0.1) is 0 Å². The Balaban J connectivity index is 2.45. The standard InChI is InChI=1S/C17H12FN3/c1-10-7-13-16(12-5-3-4-6-15(12)18)20-9-21-17(13)14(8-19)11(10)2/h3-7,9H,1-2H3. The molecule has 3 rings (SSSR count). The number of halogens is 1. The lowest BCUT2D eigenvalue weighted by Crippen LogP contribution is -1.97. The van der Waals surface area contributed by atoms with Crippen LogP contribution >= 0.6 is 0 Å². The highest BCUT2D eigenvalue weighted by Crippen LogP contribution is 2.31. The van der Waals surface area contributed by atoms with Crippen molar-refractivity contribution in [2.75, 3.05) is 0 Å². The Morgan fingerprint density at radius 1 is 1.14 bits per heavy atom. The molecule has 1 aromatic heterocycles. The summed E-state index contributed by atoms with van der Waals surface area (Å²) in [5.74, 6) is -0.339. The van der Waals surface area contributed by atoms with Crippen LogP contribution in [0.5, 0.6) is 0 Å². The molecule has 3 nitrogen and oxygen atoms in total. The molecule has 0 aliphatic carbocycles. The predicted molar refractivity (Wildman–Crippen MR) is 79.1 cm³/mol. The zero-order valence-electron chi connectivity index (χ0n) is 11.7. The van der Waals surface area contributed by atoms with Crippen LogP contribution in [0.25, 0.3) is 22.2 Å². The van der Waals surface area contributed by atoms with Crippen LogP contribution in [0, 0.1) is 31.0 Å². The lowest BCUT2D eigenvalue weighted by atomic mass is 9.97. The number of nitrogens with zero attached hydrogens (tertiary/aromatic N) is 3. The van der Waals surface area contributed by atoms with E-state index in [-0.39, 0.29) is 5.82 Å². The van der Waals surface area contributed by atoms with Gasteiger partial charge in [-0.25, -0.2) is 14.4 Å². The van der Waals surface area contributed by atoms with Crippen molar-refractivity contribution < 1.29 is 4.39 Å². The average Bonchev–Trinajstić information content (AvgIpc) is 2.49. The fourth-order valence-electron chi connectivity index (χ4n) is 2.44. The predicted octanol–water partition coefficient (Wildman–Crippen LogP) is 3.92. The quantitative estimate of drug-likeness (QED) is 0.677. The van der Waals surface area contributed by atoms with Gasteiger partial charge >= 0.3 is 0 Å². The topological polar surface area (TPSA) is 49.6 Å². The first-order valence-corrected chi connectivity index (χ1v) is 6.53. The Hall–Kier alpha value is -2.80. The minimum atomic E-state index is -0.339. The third-order valence-corrected chi connectivity index (χ3v) is 3.69. The molecule has 0 bridgehead atoms. The van der Waals surface area contributed by atoms with Gasteiger partial charge in [0.2, 0.25) is 0 Å². The van der Waals surface area contributed by atoms with Crippen molar-refractivity contribution in [1.29, 1.82) is 5.26 Å². The van der Waals surface area contributed by atoms with Crippen molar-refractivity contribution in [3.63, 3.8) is 0 Å². The Kier molecular flexibility index (Phi) is 3.11. The molecule has 0 spiro atoms. The van der Waals surface area contributed by atoms with Gasteiger partial charge in [-0.2, -0.15) is 5.26 Å². The summed E-state index contributed by atoms with van der Waals surface area (Å²) in [6.45, 7) is 3.81. The third-order valence-electron chi connectivity index (χ3n) is 3.69. The summed E-state index contributed by atoms with van der Waals surface area (Å²) < 4.78 is 14.0. The molecule has 0 N–H and O–H groups in total. The molecule has 0 saturated heterocycles. The molecular formula is C17H12FN3. The van der Waals surface area contributed by atoms with Crippen molar-refractivity contribution >= 4 is 10.9 Å². The van der Waals surface area contributed by atoms with Gasteiger partial charge in [-0.1, -0.05) is 12.1 Å². The smallest absolute Gasteiger partial charge is 0.132 e. The lowest BCUT2D eigenvalue weighted by molar-refractivity contribution is 0.631. The summed E-state index contributed by atoms with van der Waals surface area (Å²) in [4.78, 5) is 8.44. The first kappa shape index (κ1) is 13.2. The number of hydrogen-bond acceptors (Lipinski definition) is 3. The third kappa shape index (κ3) is 2.03. The number of aromatic nitrogens is 2. The maximum atomic E-state index is 14.0. The van der Waals surface area contributed by atoms with E-state index in [2.05, 4.69) is 16.0 Å². The van der Waals surface area contributed by atoms with Crippen LogP contribution in [-0.2, 0) is 0 Å². The minimum Gasteiger partial charge on any atom is -0.236 e. The molecule has 2 aromatic carbocycles. The van der Waals surface area contributed by atoms with E-state index in [1.807, 2.05) is 19.9 Å². The summed E-state index contributed by atoms with van der Waals surface area (Å²) in [6, 6.07) is 10.6. The molecule has 3 aromatic rings.